The zero-order valence-corrected chi connectivity index (χ0v) is 19.7. The van der Waals surface area contributed by atoms with E-state index in [1.54, 1.807) is 42.5 Å². The van der Waals surface area contributed by atoms with E-state index in [-0.39, 0.29) is 6.54 Å². The Kier molecular flexibility index (Phi) is 7.56. The van der Waals surface area contributed by atoms with Crippen LogP contribution in [0.15, 0.2) is 71.8 Å². The average molecular weight is 490 g/mol. The van der Waals surface area contributed by atoms with Crippen molar-refractivity contribution in [2.75, 3.05) is 10.6 Å². The molecule has 0 aromatic heterocycles. The number of rotatable bonds is 7. The Morgan fingerprint density at radius 2 is 1.66 bits per heavy atom. The van der Waals surface area contributed by atoms with Gasteiger partial charge in [0.05, 0.1) is 34.7 Å². The molecule has 0 atom stereocenters. The third-order valence-electron chi connectivity index (χ3n) is 4.59. The van der Waals surface area contributed by atoms with Crippen molar-refractivity contribution in [3.8, 4) is 0 Å². The van der Waals surface area contributed by atoms with E-state index in [9.17, 15) is 13.2 Å². The standard InChI is InChI=1S/C23H21Cl2N3O3S/c1-16-3-5-17(6-4-16)15-28(32(2,30)31)20-10-8-19(9-11-20)23(29)27-26-14-18-7-12-21(24)22(25)13-18/h3-14H,15H2,1-2H3,(H,27,29)/b26-14-. The average Bonchev–Trinajstić information content (AvgIpc) is 2.75. The van der Waals surface area contributed by atoms with Crippen LogP contribution < -0.4 is 9.73 Å². The van der Waals surface area contributed by atoms with Crippen molar-refractivity contribution in [1.29, 1.82) is 0 Å². The molecule has 3 rings (SSSR count). The van der Waals surface area contributed by atoms with Gasteiger partial charge in [-0.3, -0.25) is 9.10 Å². The maximum Gasteiger partial charge on any atom is 0.271 e. The predicted molar refractivity (Wildman–Crippen MR) is 130 cm³/mol. The van der Waals surface area contributed by atoms with Crippen LogP contribution >= 0.6 is 23.2 Å². The van der Waals surface area contributed by atoms with Gasteiger partial charge in [-0.2, -0.15) is 5.10 Å². The van der Waals surface area contributed by atoms with E-state index in [2.05, 4.69) is 10.5 Å². The summed E-state index contributed by atoms with van der Waals surface area (Å²) in [6, 6.07) is 18.9. The first kappa shape index (κ1) is 23.8. The fourth-order valence-corrected chi connectivity index (χ4v) is 4.06. The molecule has 0 aliphatic heterocycles. The molecule has 32 heavy (non-hydrogen) atoms. The lowest BCUT2D eigenvalue weighted by atomic mass is 10.1. The molecule has 1 N–H and O–H groups in total. The van der Waals surface area contributed by atoms with Crippen LogP contribution in [0.1, 0.15) is 27.0 Å². The number of benzene rings is 3. The summed E-state index contributed by atoms with van der Waals surface area (Å²) in [5.41, 5.74) is 5.86. The minimum absolute atomic E-state index is 0.193. The van der Waals surface area contributed by atoms with Gasteiger partial charge in [0, 0.05) is 5.56 Å². The first-order chi connectivity index (χ1) is 15.1. The largest absolute Gasteiger partial charge is 0.271 e. The van der Waals surface area contributed by atoms with Gasteiger partial charge in [-0.1, -0.05) is 59.1 Å². The van der Waals surface area contributed by atoms with Gasteiger partial charge in [-0.25, -0.2) is 13.8 Å². The molecule has 0 bridgehead atoms. The number of sulfonamides is 1. The van der Waals surface area contributed by atoms with Crippen molar-refractivity contribution >= 4 is 51.0 Å². The van der Waals surface area contributed by atoms with Gasteiger partial charge in [0.15, 0.2) is 0 Å². The highest BCUT2D eigenvalue weighted by Gasteiger charge is 2.18. The summed E-state index contributed by atoms with van der Waals surface area (Å²) < 4.78 is 26.0. The SMILES string of the molecule is Cc1ccc(CN(c2ccc(C(=O)N/N=C\c3ccc(Cl)c(Cl)c3)cc2)S(C)(=O)=O)cc1. The zero-order chi connectivity index (χ0) is 23.3. The molecular formula is C23H21Cl2N3O3S. The molecule has 0 aliphatic rings. The van der Waals surface area contributed by atoms with E-state index < -0.39 is 15.9 Å². The van der Waals surface area contributed by atoms with Crippen molar-refractivity contribution in [3.63, 3.8) is 0 Å². The number of anilines is 1. The highest BCUT2D eigenvalue weighted by Crippen LogP contribution is 2.23. The van der Waals surface area contributed by atoms with E-state index in [0.29, 0.717) is 26.9 Å². The fraction of sp³-hybridized carbons (Fsp3) is 0.130. The van der Waals surface area contributed by atoms with Crippen molar-refractivity contribution in [1.82, 2.24) is 5.43 Å². The van der Waals surface area contributed by atoms with Crippen LogP contribution in [0.4, 0.5) is 5.69 Å². The van der Waals surface area contributed by atoms with Crippen LogP contribution in [0.2, 0.25) is 10.0 Å². The van der Waals surface area contributed by atoms with Crippen LogP contribution in [0.3, 0.4) is 0 Å². The van der Waals surface area contributed by atoms with E-state index >= 15 is 0 Å². The molecule has 0 saturated heterocycles. The zero-order valence-electron chi connectivity index (χ0n) is 17.4. The third-order valence-corrected chi connectivity index (χ3v) is 6.47. The summed E-state index contributed by atoms with van der Waals surface area (Å²) in [7, 11) is -3.52. The topological polar surface area (TPSA) is 78.8 Å². The third kappa shape index (κ3) is 6.32. The van der Waals surface area contributed by atoms with Gasteiger partial charge >= 0.3 is 0 Å². The summed E-state index contributed by atoms with van der Waals surface area (Å²) in [5, 5.41) is 4.73. The lowest BCUT2D eigenvalue weighted by molar-refractivity contribution is 0.0955. The number of carbonyl (C=O) groups excluding carboxylic acids is 1. The summed E-state index contributed by atoms with van der Waals surface area (Å²) in [6.07, 6.45) is 2.60. The van der Waals surface area contributed by atoms with Crippen LogP contribution in [0, 0.1) is 6.92 Å². The maximum atomic E-state index is 12.4. The molecule has 6 nitrogen and oxygen atoms in total. The molecule has 166 valence electrons. The highest BCUT2D eigenvalue weighted by molar-refractivity contribution is 7.92. The summed E-state index contributed by atoms with van der Waals surface area (Å²) >= 11 is 11.8. The number of hydrazone groups is 1. The predicted octanol–water partition coefficient (Wildman–Crippen LogP) is 5.03. The first-order valence-electron chi connectivity index (χ1n) is 9.55. The number of carbonyl (C=O) groups is 1. The highest BCUT2D eigenvalue weighted by atomic mass is 35.5. The van der Waals surface area contributed by atoms with Gasteiger partial charge < -0.3 is 0 Å². The lowest BCUT2D eigenvalue weighted by Gasteiger charge is -2.22. The minimum atomic E-state index is -3.52. The van der Waals surface area contributed by atoms with Crippen LogP contribution in [-0.2, 0) is 16.6 Å². The van der Waals surface area contributed by atoms with Gasteiger partial charge in [-0.05, 0) is 54.4 Å². The Morgan fingerprint density at radius 3 is 2.25 bits per heavy atom. The van der Waals surface area contributed by atoms with Crippen molar-refractivity contribution in [3.05, 3.63) is 99.0 Å². The Bertz CT molecular complexity index is 1240. The molecular weight excluding hydrogens is 469 g/mol. The van der Waals surface area contributed by atoms with E-state index in [0.717, 1.165) is 17.4 Å². The Labute approximate surface area is 197 Å². The van der Waals surface area contributed by atoms with Crippen molar-refractivity contribution in [2.24, 2.45) is 5.10 Å². The number of hydrogen-bond acceptors (Lipinski definition) is 4. The van der Waals surface area contributed by atoms with Gasteiger partial charge in [0.1, 0.15) is 0 Å². The number of nitrogens with one attached hydrogen (secondary N) is 1. The van der Waals surface area contributed by atoms with Crippen molar-refractivity contribution in [2.45, 2.75) is 13.5 Å². The molecule has 0 fully saturated rings. The molecule has 0 spiro atoms. The second-order valence-corrected chi connectivity index (χ2v) is 9.90. The Balaban J connectivity index is 1.71. The Hall–Kier alpha value is -2.87. The van der Waals surface area contributed by atoms with Crippen LogP contribution in [0.25, 0.3) is 0 Å². The number of halogens is 2. The Morgan fingerprint density at radius 1 is 1.00 bits per heavy atom. The molecule has 3 aromatic carbocycles. The summed E-state index contributed by atoms with van der Waals surface area (Å²) in [4.78, 5) is 12.4. The number of aryl methyl sites for hydroxylation is 1. The molecule has 1 amide bonds. The van der Waals surface area contributed by atoms with E-state index in [4.69, 9.17) is 23.2 Å². The second kappa shape index (κ2) is 10.2. The number of amides is 1. The summed E-state index contributed by atoms with van der Waals surface area (Å²) in [5.74, 6) is -0.433. The quantitative estimate of drug-likeness (QED) is 0.373. The van der Waals surface area contributed by atoms with Crippen LogP contribution in [0.5, 0.6) is 0 Å². The molecule has 0 unspecified atom stereocenters. The lowest BCUT2D eigenvalue weighted by Crippen LogP contribution is -2.29. The van der Waals surface area contributed by atoms with Gasteiger partial charge in [0.2, 0.25) is 10.0 Å². The molecule has 0 aliphatic carbocycles. The molecule has 0 radical (unpaired) electrons. The monoisotopic (exact) mass is 489 g/mol. The fourth-order valence-electron chi connectivity index (χ4n) is 2.86. The minimum Gasteiger partial charge on any atom is -0.267 e. The molecule has 9 heteroatoms. The molecule has 0 saturated carbocycles. The number of hydrogen-bond donors (Lipinski definition) is 1. The second-order valence-electron chi connectivity index (χ2n) is 7.17. The van der Waals surface area contributed by atoms with Gasteiger partial charge in [-0.15, -0.1) is 0 Å². The van der Waals surface area contributed by atoms with Crippen molar-refractivity contribution < 1.29 is 13.2 Å². The number of nitrogens with zero attached hydrogens (tertiary/aromatic N) is 2. The first-order valence-corrected chi connectivity index (χ1v) is 12.2. The molecule has 3 aromatic rings. The van der Waals surface area contributed by atoms with Crippen LogP contribution in [-0.4, -0.2) is 26.8 Å². The van der Waals surface area contributed by atoms with E-state index in [1.807, 2.05) is 31.2 Å². The smallest absolute Gasteiger partial charge is 0.267 e. The molecule has 0 heterocycles. The van der Waals surface area contributed by atoms with E-state index in [1.165, 1.54) is 10.5 Å². The maximum absolute atomic E-state index is 12.4. The normalized spacial score (nSPS) is 11.5. The van der Waals surface area contributed by atoms with Gasteiger partial charge in [0.25, 0.3) is 5.91 Å². The summed E-state index contributed by atoms with van der Waals surface area (Å²) in [6.45, 7) is 2.16.